The van der Waals surface area contributed by atoms with Crippen LogP contribution in [0.25, 0.3) is 21.8 Å². The molecule has 5 aromatic rings. The quantitative estimate of drug-likeness (QED) is 0.306. The number of hydrogen-bond donors (Lipinski definition) is 0. The lowest BCUT2D eigenvalue weighted by atomic mass is 10.2. The zero-order chi connectivity index (χ0) is 19.1. The van der Waals surface area contributed by atoms with E-state index >= 15 is 0 Å². The first-order valence-corrected chi connectivity index (χ1v) is 10.6. The average molecular weight is 496 g/mol. The molecular weight excluding hydrogens is 480 g/mol. The van der Waals surface area contributed by atoms with Crippen molar-refractivity contribution in [3.8, 4) is 0 Å². The Labute approximate surface area is 179 Å². The zero-order valence-corrected chi connectivity index (χ0v) is 18.1. The van der Waals surface area contributed by atoms with E-state index in [4.69, 9.17) is 0 Å². The lowest BCUT2D eigenvalue weighted by Gasteiger charge is -2.05. The largest absolute Gasteiger partial charge is 0.334 e. The van der Waals surface area contributed by atoms with Crippen molar-refractivity contribution in [1.82, 2.24) is 19.6 Å². The fourth-order valence-corrected chi connectivity index (χ4v) is 5.10. The Balaban J connectivity index is 1.49. The maximum Gasteiger partial charge on any atom is 0.102 e. The number of fused-ring (bicyclic) bond motifs is 3. The Hall–Kier alpha value is -2.44. The van der Waals surface area contributed by atoms with Gasteiger partial charge in [0.2, 0.25) is 0 Å². The van der Waals surface area contributed by atoms with Crippen LogP contribution >= 0.6 is 31.9 Å². The van der Waals surface area contributed by atoms with Gasteiger partial charge in [-0.1, -0.05) is 73.5 Å². The third-order valence-electron chi connectivity index (χ3n) is 4.85. The molecule has 138 valence electrons. The highest BCUT2D eigenvalue weighted by atomic mass is 79.9. The molecule has 0 bridgehead atoms. The van der Waals surface area contributed by atoms with E-state index in [0.29, 0.717) is 13.1 Å². The minimum atomic E-state index is 0.679. The molecule has 0 saturated carbocycles. The number of para-hydroxylation sites is 2. The van der Waals surface area contributed by atoms with Gasteiger partial charge in [0, 0.05) is 30.8 Å². The Bertz CT molecular complexity index is 1230. The Morgan fingerprint density at radius 3 is 2.00 bits per heavy atom. The van der Waals surface area contributed by atoms with Crippen LogP contribution in [0.5, 0.6) is 0 Å². The second-order valence-corrected chi connectivity index (χ2v) is 8.64. The lowest BCUT2D eigenvalue weighted by Crippen LogP contribution is -2.01. The summed E-state index contributed by atoms with van der Waals surface area (Å²) in [7, 11) is 0. The Kier molecular flexibility index (Phi) is 4.53. The van der Waals surface area contributed by atoms with E-state index in [1.807, 2.05) is 16.9 Å². The number of halogens is 2. The van der Waals surface area contributed by atoms with E-state index in [1.54, 1.807) is 0 Å². The Morgan fingerprint density at radius 2 is 1.36 bits per heavy atom. The van der Waals surface area contributed by atoms with E-state index in [0.717, 1.165) is 20.2 Å². The van der Waals surface area contributed by atoms with Gasteiger partial charge in [-0.15, -0.1) is 5.10 Å². The monoisotopic (exact) mass is 494 g/mol. The van der Waals surface area contributed by atoms with Gasteiger partial charge in [-0.3, -0.25) is 0 Å². The number of benzene rings is 3. The first kappa shape index (κ1) is 17.6. The predicted molar refractivity (Wildman–Crippen MR) is 120 cm³/mol. The molecule has 6 heteroatoms. The number of aromatic nitrogens is 4. The molecule has 0 atom stereocenters. The molecule has 0 N–H and O–H groups in total. The molecule has 0 fully saturated rings. The molecule has 0 spiro atoms. The van der Waals surface area contributed by atoms with Crippen molar-refractivity contribution in [3.63, 3.8) is 0 Å². The van der Waals surface area contributed by atoms with Crippen molar-refractivity contribution in [2.75, 3.05) is 0 Å². The highest BCUT2D eigenvalue weighted by Crippen LogP contribution is 2.29. The van der Waals surface area contributed by atoms with Crippen LogP contribution in [0.2, 0.25) is 0 Å². The molecule has 4 nitrogen and oxygen atoms in total. The van der Waals surface area contributed by atoms with E-state index < -0.39 is 0 Å². The first-order valence-electron chi connectivity index (χ1n) is 8.97. The van der Waals surface area contributed by atoms with Gasteiger partial charge in [-0.05, 0) is 35.9 Å². The van der Waals surface area contributed by atoms with Gasteiger partial charge in [0.15, 0.2) is 0 Å². The van der Waals surface area contributed by atoms with Crippen LogP contribution in [-0.2, 0) is 13.1 Å². The maximum absolute atomic E-state index is 4.41. The summed E-state index contributed by atoms with van der Waals surface area (Å²) in [6, 6.07) is 23.2. The summed E-state index contributed by atoms with van der Waals surface area (Å²) in [5.41, 5.74) is 4.54. The van der Waals surface area contributed by atoms with Crippen LogP contribution in [0.4, 0.5) is 0 Å². The van der Waals surface area contributed by atoms with Gasteiger partial charge in [0.05, 0.1) is 19.3 Å². The topological polar surface area (TPSA) is 35.6 Å². The third kappa shape index (κ3) is 3.27. The van der Waals surface area contributed by atoms with Crippen molar-refractivity contribution in [3.05, 3.63) is 93.1 Å². The number of hydrogen-bond acceptors (Lipinski definition) is 2. The SMILES string of the molecule is Brc1cc(Br)cc(Cn2cc(Cn3c4ccccc4c4ccccc43)nn2)c1. The summed E-state index contributed by atoms with van der Waals surface area (Å²) in [5.74, 6) is 0. The van der Waals surface area contributed by atoms with Crippen LogP contribution in [0.3, 0.4) is 0 Å². The minimum absolute atomic E-state index is 0.679. The third-order valence-corrected chi connectivity index (χ3v) is 5.77. The molecule has 0 amide bonds. The van der Waals surface area contributed by atoms with Crippen molar-refractivity contribution >= 4 is 53.7 Å². The van der Waals surface area contributed by atoms with Gasteiger partial charge in [-0.25, -0.2) is 4.68 Å². The van der Waals surface area contributed by atoms with Crippen molar-refractivity contribution in [1.29, 1.82) is 0 Å². The molecule has 28 heavy (non-hydrogen) atoms. The minimum Gasteiger partial charge on any atom is -0.334 e. The van der Waals surface area contributed by atoms with Gasteiger partial charge in [0.1, 0.15) is 5.69 Å². The van der Waals surface area contributed by atoms with E-state index in [-0.39, 0.29) is 0 Å². The highest BCUT2D eigenvalue weighted by Gasteiger charge is 2.11. The maximum atomic E-state index is 4.41. The highest BCUT2D eigenvalue weighted by molar-refractivity contribution is 9.11. The second-order valence-electron chi connectivity index (χ2n) is 6.81. The smallest absolute Gasteiger partial charge is 0.102 e. The van der Waals surface area contributed by atoms with Crippen molar-refractivity contribution in [2.24, 2.45) is 0 Å². The molecule has 0 unspecified atom stereocenters. The van der Waals surface area contributed by atoms with Crippen LogP contribution in [0.1, 0.15) is 11.3 Å². The molecule has 2 heterocycles. The molecule has 2 aromatic heterocycles. The molecular formula is C22H16Br2N4. The summed E-state index contributed by atoms with van der Waals surface area (Å²) in [5, 5.41) is 11.3. The second kappa shape index (κ2) is 7.18. The van der Waals surface area contributed by atoms with Crippen LogP contribution < -0.4 is 0 Å². The summed E-state index contributed by atoms with van der Waals surface area (Å²) in [6.07, 6.45) is 2.03. The molecule has 0 radical (unpaired) electrons. The van der Waals surface area contributed by atoms with E-state index in [9.17, 15) is 0 Å². The van der Waals surface area contributed by atoms with Crippen LogP contribution in [0, 0.1) is 0 Å². The van der Waals surface area contributed by atoms with Crippen LogP contribution in [0.15, 0.2) is 81.9 Å². The van der Waals surface area contributed by atoms with Crippen molar-refractivity contribution < 1.29 is 0 Å². The van der Waals surface area contributed by atoms with E-state index in [2.05, 4.69) is 107 Å². The summed E-state index contributed by atoms with van der Waals surface area (Å²) >= 11 is 7.08. The van der Waals surface area contributed by atoms with E-state index in [1.165, 1.54) is 21.8 Å². The summed E-state index contributed by atoms with van der Waals surface area (Å²) < 4.78 is 6.29. The molecule has 0 saturated heterocycles. The summed E-state index contributed by atoms with van der Waals surface area (Å²) in [4.78, 5) is 0. The molecule has 5 rings (SSSR count). The fraction of sp³-hybridized carbons (Fsp3) is 0.0909. The van der Waals surface area contributed by atoms with Gasteiger partial charge < -0.3 is 4.57 Å². The lowest BCUT2D eigenvalue weighted by molar-refractivity contribution is 0.648. The molecule has 0 aliphatic carbocycles. The number of rotatable bonds is 4. The van der Waals surface area contributed by atoms with Crippen LogP contribution in [-0.4, -0.2) is 19.6 Å². The molecule has 3 aromatic carbocycles. The standard InChI is InChI=1S/C22H16Br2N4/c23-16-9-15(10-17(24)11-16)12-27-13-18(25-26-27)14-28-21-7-3-1-5-19(21)20-6-2-4-8-22(20)28/h1-11,13H,12,14H2. The molecule has 0 aliphatic rings. The normalized spacial score (nSPS) is 11.5. The van der Waals surface area contributed by atoms with Crippen molar-refractivity contribution in [2.45, 2.75) is 13.1 Å². The predicted octanol–water partition coefficient (Wildman–Crippen LogP) is 6.01. The fourth-order valence-electron chi connectivity index (χ4n) is 3.71. The average Bonchev–Trinajstić information content (AvgIpc) is 3.25. The number of nitrogens with zero attached hydrogens (tertiary/aromatic N) is 4. The molecule has 0 aliphatic heterocycles. The first-order chi connectivity index (χ1) is 13.7. The van der Waals surface area contributed by atoms with Gasteiger partial charge >= 0.3 is 0 Å². The van der Waals surface area contributed by atoms with Gasteiger partial charge in [0.25, 0.3) is 0 Å². The zero-order valence-electron chi connectivity index (χ0n) is 14.9. The Morgan fingerprint density at radius 1 is 0.750 bits per heavy atom. The van der Waals surface area contributed by atoms with Gasteiger partial charge in [-0.2, -0.15) is 0 Å². The summed E-state index contributed by atoms with van der Waals surface area (Å²) in [6.45, 7) is 1.37.